The van der Waals surface area contributed by atoms with Gasteiger partial charge in [0.05, 0.1) is 24.8 Å². The van der Waals surface area contributed by atoms with Gasteiger partial charge >= 0.3 is 6.18 Å². The number of anilines is 3. The maximum Gasteiger partial charge on any atom is 0.416 e. The van der Waals surface area contributed by atoms with Crippen molar-refractivity contribution in [2.45, 2.75) is 19.3 Å². The quantitative estimate of drug-likeness (QED) is 0.231. The number of benzene rings is 3. The number of rotatable bonds is 8. The molecular weight excluding hydrogens is 517 g/mol. The van der Waals surface area contributed by atoms with Crippen LogP contribution in [-0.2, 0) is 19.3 Å². The van der Waals surface area contributed by atoms with Crippen molar-refractivity contribution in [3.63, 3.8) is 0 Å². The Morgan fingerprint density at radius 1 is 0.800 bits per heavy atom. The van der Waals surface area contributed by atoms with Crippen LogP contribution in [0.15, 0.2) is 104 Å². The van der Waals surface area contributed by atoms with Gasteiger partial charge in [0.2, 0.25) is 5.95 Å². The summed E-state index contributed by atoms with van der Waals surface area (Å²) in [5, 5.41) is 6.62. The molecule has 8 nitrogen and oxygen atoms in total. The van der Waals surface area contributed by atoms with Gasteiger partial charge in [0, 0.05) is 30.3 Å². The zero-order chi connectivity index (χ0) is 27.5. The summed E-state index contributed by atoms with van der Waals surface area (Å²) in [4.78, 5) is 18.0. The third-order valence-electron chi connectivity index (χ3n) is 6.33. The molecule has 0 radical (unpaired) electrons. The summed E-state index contributed by atoms with van der Waals surface area (Å²) >= 11 is 0. The van der Waals surface area contributed by atoms with E-state index in [-0.39, 0.29) is 0 Å². The minimum atomic E-state index is -4.38. The van der Waals surface area contributed by atoms with E-state index in [1.807, 2.05) is 65.4 Å². The van der Waals surface area contributed by atoms with Crippen molar-refractivity contribution in [2.24, 2.45) is 0 Å². The maximum atomic E-state index is 13.0. The summed E-state index contributed by atoms with van der Waals surface area (Å²) < 4.78 is 42.7. The van der Waals surface area contributed by atoms with E-state index >= 15 is 0 Å². The van der Waals surface area contributed by atoms with Crippen LogP contribution in [0.2, 0.25) is 0 Å². The van der Waals surface area contributed by atoms with Gasteiger partial charge in [0.15, 0.2) is 17.0 Å². The third-order valence-corrected chi connectivity index (χ3v) is 6.33. The molecule has 0 atom stereocenters. The topological polar surface area (TPSA) is 85.5 Å². The van der Waals surface area contributed by atoms with Crippen molar-refractivity contribution in [1.29, 1.82) is 0 Å². The van der Waals surface area contributed by atoms with Gasteiger partial charge in [-0.15, -0.1) is 0 Å². The minimum Gasteiger partial charge on any atom is -0.364 e. The number of hydrogen-bond donors (Lipinski definition) is 2. The van der Waals surface area contributed by atoms with E-state index in [4.69, 9.17) is 9.97 Å². The highest BCUT2D eigenvalue weighted by Gasteiger charge is 2.30. The first-order valence-electron chi connectivity index (χ1n) is 12.4. The molecule has 2 N–H and O–H groups in total. The zero-order valence-corrected chi connectivity index (χ0v) is 21.0. The summed E-state index contributed by atoms with van der Waals surface area (Å²) in [6.45, 7) is 0.820. The Bertz CT molecular complexity index is 1710. The molecule has 0 aliphatic heterocycles. The average Bonchev–Trinajstić information content (AvgIpc) is 3.64. The zero-order valence-electron chi connectivity index (χ0n) is 21.0. The van der Waals surface area contributed by atoms with Crippen molar-refractivity contribution < 1.29 is 13.2 Å². The molecule has 200 valence electrons. The van der Waals surface area contributed by atoms with E-state index in [9.17, 15) is 13.2 Å². The van der Waals surface area contributed by atoms with Crippen molar-refractivity contribution in [1.82, 2.24) is 29.1 Å². The molecule has 0 fully saturated rings. The van der Waals surface area contributed by atoms with Crippen molar-refractivity contribution in [2.75, 3.05) is 10.6 Å². The monoisotopic (exact) mass is 540 g/mol. The van der Waals surface area contributed by atoms with E-state index in [0.717, 1.165) is 29.1 Å². The summed E-state index contributed by atoms with van der Waals surface area (Å²) in [7, 11) is 0. The highest BCUT2D eigenvalue weighted by Crippen LogP contribution is 2.30. The lowest BCUT2D eigenvalue weighted by Crippen LogP contribution is -2.08. The first-order valence-corrected chi connectivity index (χ1v) is 12.4. The fourth-order valence-electron chi connectivity index (χ4n) is 4.27. The van der Waals surface area contributed by atoms with Gasteiger partial charge < -0.3 is 19.8 Å². The van der Waals surface area contributed by atoms with Gasteiger partial charge in [-0.3, -0.25) is 0 Å². The molecule has 3 heterocycles. The molecule has 3 aromatic carbocycles. The van der Waals surface area contributed by atoms with E-state index in [2.05, 4.69) is 20.6 Å². The molecule has 0 spiro atoms. The number of nitrogens with zero attached hydrogens (tertiary/aromatic N) is 6. The average molecular weight is 541 g/mol. The Morgan fingerprint density at radius 2 is 1.57 bits per heavy atom. The summed E-state index contributed by atoms with van der Waals surface area (Å²) in [6, 6.07) is 22.7. The van der Waals surface area contributed by atoms with Crippen LogP contribution in [0.4, 0.5) is 30.6 Å². The Kier molecular flexibility index (Phi) is 6.61. The molecule has 0 saturated carbocycles. The molecule has 40 heavy (non-hydrogen) atoms. The van der Waals surface area contributed by atoms with Gasteiger partial charge in [0.25, 0.3) is 0 Å². The third kappa shape index (κ3) is 5.48. The summed E-state index contributed by atoms with van der Waals surface area (Å²) in [5.41, 5.74) is 3.92. The van der Waals surface area contributed by atoms with Gasteiger partial charge in [-0.2, -0.15) is 23.1 Å². The molecule has 0 bridgehead atoms. The van der Waals surface area contributed by atoms with Gasteiger partial charge in [0.1, 0.15) is 0 Å². The number of hydrogen-bond acceptors (Lipinski definition) is 6. The van der Waals surface area contributed by atoms with Gasteiger partial charge in [-0.1, -0.05) is 42.5 Å². The highest BCUT2D eigenvalue weighted by molar-refractivity contribution is 5.84. The van der Waals surface area contributed by atoms with Crippen molar-refractivity contribution >= 4 is 28.6 Å². The fourth-order valence-corrected chi connectivity index (χ4v) is 4.27. The normalized spacial score (nSPS) is 11.6. The Hall–Kier alpha value is -5.19. The lowest BCUT2D eigenvalue weighted by atomic mass is 10.1. The second-order valence-electron chi connectivity index (χ2n) is 9.12. The molecule has 0 saturated heterocycles. The number of imidazole rings is 2. The van der Waals surface area contributed by atoms with Crippen LogP contribution in [0, 0.1) is 0 Å². The van der Waals surface area contributed by atoms with Crippen LogP contribution in [0.3, 0.4) is 0 Å². The first-order chi connectivity index (χ1) is 19.4. The molecule has 0 amide bonds. The van der Waals surface area contributed by atoms with Crippen molar-refractivity contribution in [3.8, 4) is 5.69 Å². The number of halogens is 3. The molecule has 0 unspecified atom stereocenters. The number of nitrogens with one attached hydrogen (secondary N) is 2. The number of alkyl halides is 3. The molecular formula is C29H23F3N8. The Balaban J connectivity index is 1.31. The summed E-state index contributed by atoms with van der Waals surface area (Å²) in [5.74, 6) is 0.894. The lowest BCUT2D eigenvalue weighted by Gasteiger charge is -2.12. The van der Waals surface area contributed by atoms with Gasteiger partial charge in [-0.25, -0.2) is 9.97 Å². The van der Waals surface area contributed by atoms with Crippen LogP contribution in [0.5, 0.6) is 0 Å². The predicted octanol–water partition coefficient (Wildman–Crippen LogP) is 6.43. The van der Waals surface area contributed by atoms with E-state index in [1.165, 1.54) is 12.1 Å². The Labute approximate surface area is 227 Å². The predicted molar refractivity (Wildman–Crippen MR) is 146 cm³/mol. The smallest absolute Gasteiger partial charge is 0.364 e. The number of fused-ring (bicyclic) bond motifs is 1. The number of aromatic nitrogens is 6. The minimum absolute atomic E-state index is 0.294. The second-order valence-corrected chi connectivity index (χ2v) is 9.12. The van der Waals surface area contributed by atoms with Crippen LogP contribution in [0.25, 0.3) is 16.9 Å². The second kappa shape index (κ2) is 10.5. The fraction of sp³-hybridized carbons (Fsp3) is 0.103. The van der Waals surface area contributed by atoms with E-state index < -0.39 is 11.7 Å². The maximum absolute atomic E-state index is 13.0. The molecule has 3 aromatic heterocycles. The highest BCUT2D eigenvalue weighted by atomic mass is 19.4. The standard InChI is InChI=1S/C29H23F3N8/c30-29(31,32)22-8-6-21(7-9-22)17-40-19-35-25-26(34-16-20-4-2-1-3-5-20)37-28(38-27(25)40)36-23-10-12-24(13-11-23)39-15-14-33-18-39/h1-15,18-19H,16-17H2,(H2,34,36,37,38). The first kappa shape index (κ1) is 25.1. The van der Waals surface area contributed by atoms with Crippen LogP contribution >= 0.6 is 0 Å². The molecule has 0 aliphatic rings. The molecule has 0 aliphatic carbocycles. The van der Waals surface area contributed by atoms with E-state index in [1.54, 1.807) is 23.4 Å². The van der Waals surface area contributed by atoms with Crippen LogP contribution in [-0.4, -0.2) is 29.1 Å². The lowest BCUT2D eigenvalue weighted by molar-refractivity contribution is -0.137. The van der Waals surface area contributed by atoms with Crippen LogP contribution in [0.1, 0.15) is 16.7 Å². The van der Waals surface area contributed by atoms with Crippen molar-refractivity contribution in [3.05, 3.63) is 121 Å². The molecule has 11 heteroatoms. The SMILES string of the molecule is FC(F)(F)c1ccc(Cn2cnc3c(NCc4ccccc4)nc(Nc4ccc(-n5ccnc5)cc4)nc32)cc1. The summed E-state index contributed by atoms with van der Waals surface area (Å²) in [6.07, 6.45) is 2.54. The van der Waals surface area contributed by atoms with Gasteiger partial charge in [-0.05, 0) is 47.5 Å². The van der Waals surface area contributed by atoms with E-state index in [0.29, 0.717) is 41.6 Å². The molecule has 6 rings (SSSR count). The molecule has 6 aromatic rings. The largest absolute Gasteiger partial charge is 0.416 e. The van der Waals surface area contributed by atoms with Crippen LogP contribution < -0.4 is 10.6 Å². The Morgan fingerprint density at radius 3 is 2.27 bits per heavy atom.